The molecule has 0 heterocycles. The Balaban J connectivity index is 1.73. The van der Waals surface area contributed by atoms with Gasteiger partial charge in [-0.15, -0.1) is 0 Å². The van der Waals surface area contributed by atoms with Crippen LogP contribution in [-0.4, -0.2) is 18.0 Å². The Kier molecular flexibility index (Phi) is 7.14. The lowest BCUT2D eigenvalue weighted by atomic mass is 10.2. The molecule has 24 heavy (non-hydrogen) atoms. The average Bonchev–Trinajstić information content (AvgIpc) is 2.53. The van der Waals surface area contributed by atoms with Gasteiger partial charge in [-0.3, -0.25) is 9.59 Å². The van der Waals surface area contributed by atoms with Crippen molar-refractivity contribution in [2.75, 3.05) is 5.32 Å². The van der Waals surface area contributed by atoms with Crippen LogP contribution in [0.3, 0.4) is 0 Å². The van der Waals surface area contributed by atoms with Gasteiger partial charge in [0.15, 0.2) is 0 Å². The maximum Gasteiger partial charge on any atom is 0.240 e. The summed E-state index contributed by atoms with van der Waals surface area (Å²) in [5.41, 5.74) is 3.95. The zero-order valence-electron chi connectivity index (χ0n) is 12.6. The Bertz CT molecular complexity index is 763. The molecule has 7 heteroatoms. The molecule has 2 rings (SSSR count). The minimum atomic E-state index is -0.314. The molecular weight excluding hydrogens is 438 g/mol. The van der Waals surface area contributed by atoms with Crippen molar-refractivity contribution in [3.05, 3.63) is 63.0 Å². The van der Waals surface area contributed by atoms with Crippen LogP contribution in [-0.2, 0) is 9.59 Å². The first-order valence-corrected chi connectivity index (χ1v) is 8.74. The van der Waals surface area contributed by atoms with Crippen LogP contribution in [0.5, 0.6) is 0 Å². The lowest BCUT2D eigenvalue weighted by Crippen LogP contribution is -2.20. The summed E-state index contributed by atoms with van der Waals surface area (Å²) in [6.45, 7) is 0. The summed E-state index contributed by atoms with van der Waals surface area (Å²) in [4.78, 5) is 23.5. The van der Waals surface area contributed by atoms with E-state index in [9.17, 15) is 9.59 Å². The summed E-state index contributed by atoms with van der Waals surface area (Å²) in [6.07, 6.45) is 1.70. The maximum atomic E-state index is 11.8. The number of nitrogens with one attached hydrogen (secondary N) is 2. The first kappa shape index (κ1) is 18.4. The van der Waals surface area contributed by atoms with E-state index in [2.05, 4.69) is 47.7 Å². The predicted octanol–water partition coefficient (Wildman–Crippen LogP) is 4.08. The van der Waals surface area contributed by atoms with E-state index in [4.69, 9.17) is 0 Å². The van der Waals surface area contributed by atoms with Crippen LogP contribution in [0, 0.1) is 0 Å². The fourth-order valence-corrected chi connectivity index (χ4v) is 2.65. The van der Waals surface area contributed by atoms with Gasteiger partial charge in [-0.1, -0.05) is 50.1 Å². The zero-order valence-corrected chi connectivity index (χ0v) is 15.8. The van der Waals surface area contributed by atoms with Gasteiger partial charge in [0.2, 0.25) is 11.8 Å². The number of benzene rings is 2. The van der Waals surface area contributed by atoms with E-state index in [1.54, 1.807) is 18.3 Å². The SMILES string of the molecule is O=C(CCC(=O)Nc1cccc(Br)c1)N/N=C/c1cccc(Br)c1. The van der Waals surface area contributed by atoms with E-state index < -0.39 is 0 Å². The molecule has 0 aliphatic heterocycles. The fraction of sp³-hybridized carbons (Fsp3) is 0.118. The molecule has 0 unspecified atom stereocenters. The molecule has 0 radical (unpaired) electrons. The number of carbonyl (C=O) groups excluding carboxylic acids is 2. The molecule has 0 fully saturated rings. The molecule has 5 nitrogen and oxygen atoms in total. The molecule has 2 aromatic carbocycles. The molecule has 0 aliphatic rings. The number of hydrogen-bond donors (Lipinski definition) is 2. The highest BCUT2D eigenvalue weighted by atomic mass is 79.9. The van der Waals surface area contributed by atoms with Gasteiger partial charge in [-0.05, 0) is 35.9 Å². The third kappa shape index (κ3) is 6.64. The van der Waals surface area contributed by atoms with Crippen molar-refractivity contribution in [1.82, 2.24) is 5.43 Å². The van der Waals surface area contributed by atoms with Crippen molar-refractivity contribution in [3.8, 4) is 0 Å². The number of rotatable bonds is 6. The molecule has 2 N–H and O–H groups in total. The van der Waals surface area contributed by atoms with Crippen molar-refractivity contribution in [1.29, 1.82) is 0 Å². The molecule has 0 aliphatic carbocycles. The maximum absolute atomic E-state index is 11.8. The van der Waals surface area contributed by atoms with E-state index in [0.29, 0.717) is 5.69 Å². The first-order valence-electron chi connectivity index (χ1n) is 7.16. The van der Waals surface area contributed by atoms with Gasteiger partial charge < -0.3 is 5.32 Å². The average molecular weight is 453 g/mol. The second-order valence-electron chi connectivity index (χ2n) is 4.91. The van der Waals surface area contributed by atoms with Crippen molar-refractivity contribution in [2.24, 2.45) is 5.10 Å². The quantitative estimate of drug-likeness (QED) is 0.512. The van der Waals surface area contributed by atoms with Crippen LogP contribution in [0.25, 0.3) is 0 Å². The third-order valence-electron chi connectivity index (χ3n) is 2.94. The molecule has 2 amide bonds. The van der Waals surface area contributed by atoms with Gasteiger partial charge in [0.05, 0.1) is 6.21 Å². The Morgan fingerprint density at radius 2 is 1.62 bits per heavy atom. The van der Waals surface area contributed by atoms with Crippen LogP contribution in [0.2, 0.25) is 0 Å². The van der Waals surface area contributed by atoms with Crippen molar-refractivity contribution in [3.63, 3.8) is 0 Å². The number of carbonyl (C=O) groups is 2. The Labute approximate surface area is 156 Å². The normalized spacial score (nSPS) is 10.6. The summed E-state index contributed by atoms with van der Waals surface area (Å²) in [5, 5.41) is 6.61. The number of halogens is 2. The van der Waals surface area contributed by atoms with Gasteiger partial charge in [0, 0.05) is 27.5 Å². The molecule has 2 aromatic rings. The fourth-order valence-electron chi connectivity index (χ4n) is 1.84. The zero-order chi connectivity index (χ0) is 17.4. The molecule has 0 saturated heterocycles. The molecule has 0 atom stereocenters. The van der Waals surface area contributed by atoms with E-state index in [-0.39, 0.29) is 24.7 Å². The second kappa shape index (κ2) is 9.34. The third-order valence-corrected chi connectivity index (χ3v) is 3.93. The van der Waals surface area contributed by atoms with Gasteiger partial charge in [-0.2, -0.15) is 5.10 Å². The van der Waals surface area contributed by atoms with Crippen LogP contribution in [0.1, 0.15) is 18.4 Å². The summed E-state index contributed by atoms with van der Waals surface area (Å²) in [7, 11) is 0. The Morgan fingerprint density at radius 3 is 2.33 bits per heavy atom. The van der Waals surface area contributed by atoms with Crippen LogP contribution >= 0.6 is 31.9 Å². The van der Waals surface area contributed by atoms with E-state index >= 15 is 0 Å². The largest absolute Gasteiger partial charge is 0.326 e. The highest BCUT2D eigenvalue weighted by Crippen LogP contribution is 2.15. The van der Waals surface area contributed by atoms with Gasteiger partial charge in [0.25, 0.3) is 0 Å². The number of nitrogens with zero attached hydrogens (tertiary/aromatic N) is 1. The lowest BCUT2D eigenvalue weighted by molar-refractivity contribution is -0.124. The standard InChI is InChI=1S/C17H15Br2N3O2/c18-13-4-1-3-12(9-13)11-20-22-17(24)8-7-16(23)21-15-6-2-5-14(19)10-15/h1-6,9-11H,7-8H2,(H,21,23)(H,22,24)/b20-11+. The van der Waals surface area contributed by atoms with E-state index in [0.717, 1.165) is 14.5 Å². The molecule has 0 saturated carbocycles. The number of anilines is 1. The van der Waals surface area contributed by atoms with Crippen molar-refractivity contribution in [2.45, 2.75) is 12.8 Å². The summed E-state index contributed by atoms with van der Waals surface area (Å²) >= 11 is 6.69. The molecule has 0 spiro atoms. The molecule has 0 bridgehead atoms. The number of hydrazone groups is 1. The van der Waals surface area contributed by atoms with Crippen LogP contribution < -0.4 is 10.7 Å². The minimum Gasteiger partial charge on any atom is -0.326 e. The van der Waals surface area contributed by atoms with Crippen LogP contribution in [0.4, 0.5) is 5.69 Å². The van der Waals surface area contributed by atoms with Gasteiger partial charge >= 0.3 is 0 Å². The predicted molar refractivity (Wildman–Crippen MR) is 102 cm³/mol. The monoisotopic (exact) mass is 451 g/mol. The number of amides is 2. The highest BCUT2D eigenvalue weighted by Gasteiger charge is 2.06. The summed E-state index contributed by atoms with van der Waals surface area (Å²) in [5.74, 6) is -0.537. The van der Waals surface area contributed by atoms with E-state index in [1.807, 2.05) is 36.4 Å². The minimum absolute atomic E-state index is 0.0651. The number of hydrogen-bond acceptors (Lipinski definition) is 3. The van der Waals surface area contributed by atoms with Gasteiger partial charge in [0.1, 0.15) is 0 Å². The van der Waals surface area contributed by atoms with Crippen molar-refractivity contribution < 1.29 is 9.59 Å². The Hall–Kier alpha value is -1.99. The highest BCUT2D eigenvalue weighted by molar-refractivity contribution is 9.10. The summed E-state index contributed by atoms with van der Waals surface area (Å²) in [6, 6.07) is 14.8. The molecule has 124 valence electrons. The smallest absolute Gasteiger partial charge is 0.240 e. The van der Waals surface area contributed by atoms with Crippen molar-refractivity contribution >= 4 is 55.6 Å². The second-order valence-corrected chi connectivity index (χ2v) is 6.74. The van der Waals surface area contributed by atoms with E-state index in [1.165, 1.54) is 0 Å². The summed E-state index contributed by atoms with van der Waals surface area (Å²) < 4.78 is 1.81. The molecular formula is C17H15Br2N3O2. The van der Waals surface area contributed by atoms with Gasteiger partial charge in [-0.25, -0.2) is 5.43 Å². The van der Waals surface area contributed by atoms with Crippen LogP contribution in [0.15, 0.2) is 62.6 Å². The topological polar surface area (TPSA) is 70.6 Å². The molecule has 0 aromatic heterocycles. The lowest BCUT2D eigenvalue weighted by Gasteiger charge is -2.05. The first-order chi connectivity index (χ1) is 11.5. The Morgan fingerprint density at radius 1 is 0.958 bits per heavy atom.